The normalized spacial score (nSPS) is 18.9. The number of hydrogen-bond donors (Lipinski definition) is 2. The molecule has 0 saturated carbocycles. The Morgan fingerprint density at radius 1 is 1.15 bits per heavy atom. The summed E-state index contributed by atoms with van der Waals surface area (Å²) in [6.45, 7) is 0.355. The highest BCUT2D eigenvalue weighted by molar-refractivity contribution is 9.10. The molecule has 27 heavy (non-hydrogen) atoms. The molecule has 2 N–H and O–H groups in total. The fraction of sp³-hybridized carbons (Fsp3) is 0.250. The topological polar surface area (TPSA) is 78.5 Å². The quantitative estimate of drug-likeness (QED) is 0.788. The lowest BCUT2D eigenvalue weighted by molar-refractivity contribution is -0.122. The minimum atomic E-state index is -0.402. The van der Waals surface area contributed by atoms with Crippen molar-refractivity contribution < 1.29 is 14.4 Å². The number of nitrogens with zero attached hydrogens (tertiary/aromatic N) is 1. The van der Waals surface area contributed by atoms with Gasteiger partial charge in [0.1, 0.15) is 0 Å². The van der Waals surface area contributed by atoms with E-state index in [1.54, 1.807) is 17.0 Å². The van der Waals surface area contributed by atoms with E-state index in [2.05, 4.69) is 26.6 Å². The van der Waals surface area contributed by atoms with Crippen molar-refractivity contribution in [3.8, 4) is 0 Å². The SMILES string of the molecule is O=C1CCc2cc(NC(=O)C3CC(=O)N(c4ccccc4Br)C3)ccc2N1. The zero-order chi connectivity index (χ0) is 19.0. The lowest BCUT2D eigenvalue weighted by Gasteiger charge is -2.19. The summed E-state index contributed by atoms with van der Waals surface area (Å²) < 4.78 is 0.830. The van der Waals surface area contributed by atoms with Gasteiger partial charge in [0.25, 0.3) is 0 Å². The van der Waals surface area contributed by atoms with Crippen LogP contribution >= 0.6 is 15.9 Å². The highest BCUT2D eigenvalue weighted by atomic mass is 79.9. The number of fused-ring (bicyclic) bond motifs is 1. The Bertz CT molecular complexity index is 944. The maximum atomic E-state index is 12.7. The molecule has 2 aromatic carbocycles. The second kappa shape index (κ2) is 7.15. The summed E-state index contributed by atoms with van der Waals surface area (Å²) in [6, 6.07) is 12.9. The molecular weight excluding hydrogens is 410 g/mol. The van der Waals surface area contributed by atoms with Crippen molar-refractivity contribution in [2.24, 2.45) is 5.92 Å². The van der Waals surface area contributed by atoms with Crippen LogP contribution in [0.4, 0.5) is 17.1 Å². The molecule has 138 valence electrons. The van der Waals surface area contributed by atoms with E-state index in [9.17, 15) is 14.4 Å². The summed E-state index contributed by atoms with van der Waals surface area (Å²) in [5, 5.41) is 5.73. The van der Waals surface area contributed by atoms with Gasteiger partial charge in [0.05, 0.1) is 11.6 Å². The van der Waals surface area contributed by atoms with Gasteiger partial charge in [-0.3, -0.25) is 14.4 Å². The predicted molar refractivity (Wildman–Crippen MR) is 107 cm³/mol. The number of nitrogens with one attached hydrogen (secondary N) is 2. The Labute approximate surface area is 165 Å². The van der Waals surface area contributed by atoms with Crippen molar-refractivity contribution in [1.82, 2.24) is 0 Å². The minimum Gasteiger partial charge on any atom is -0.326 e. The monoisotopic (exact) mass is 427 g/mol. The van der Waals surface area contributed by atoms with Crippen LogP contribution < -0.4 is 15.5 Å². The van der Waals surface area contributed by atoms with Crippen LogP contribution in [-0.4, -0.2) is 24.3 Å². The summed E-state index contributed by atoms with van der Waals surface area (Å²) in [5.41, 5.74) is 3.26. The average molecular weight is 428 g/mol. The van der Waals surface area contributed by atoms with Crippen LogP contribution in [0.15, 0.2) is 46.9 Å². The van der Waals surface area contributed by atoms with E-state index in [-0.39, 0.29) is 24.1 Å². The van der Waals surface area contributed by atoms with Gasteiger partial charge in [-0.1, -0.05) is 12.1 Å². The summed E-state index contributed by atoms with van der Waals surface area (Å²) >= 11 is 3.46. The highest BCUT2D eigenvalue weighted by Crippen LogP contribution is 2.32. The van der Waals surface area contributed by atoms with Crippen molar-refractivity contribution in [2.75, 3.05) is 22.1 Å². The minimum absolute atomic E-state index is 0.0101. The number of rotatable bonds is 3. The Kier molecular flexibility index (Phi) is 4.70. The van der Waals surface area contributed by atoms with Gasteiger partial charge < -0.3 is 15.5 Å². The maximum absolute atomic E-state index is 12.7. The summed E-state index contributed by atoms with van der Waals surface area (Å²) in [6.07, 6.45) is 1.29. The van der Waals surface area contributed by atoms with Crippen LogP contribution in [-0.2, 0) is 20.8 Å². The molecule has 2 aliphatic heterocycles. The molecule has 7 heteroatoms. The summed E-state index contributed by atoms with van der Waals surface area (Å²) in [5.74, 6) is -0.621. The first-order valence-electron chi connectivity index (χ1n) is 8.80. The van der Waals surface area contributed by atoms with Gasteiger partial charge in [-0.25, -0.2) is 0 Å². The van der Waals surface area contributed by atoms with Crippen LogP contribution in [0.25, 0.3) is 0 Å². The van der Waals surface area contributed by atoms with Crippen molar-refractivity contribution in [3.05, 3.63) is 52.5 Å². The molecular formula is C20H18BrN3O3. The number of benzene rings is 2. The third-order valence-electron chi connectivity index (χ3n) is 4.91. The van der Waals surface area contributed by atoms with Gasteiger partial charge in [-0.05, 0) is 58.2 Å². The van der Waals surface area contributed by atoms with E-state index in [1.165, 1.54) is 0 Å². The molecule has 0 spiro atoms. The van der Waals surface area contributed by atoms with E-state index in [0.717, 1.165) is 21.4 Å². The number of anilines is 3. The van der Waals surface area contributed by atoms with Gasteiger partial charge >= 0.3 is 0 Å². The third kappa shape index (κ3) is 3.60. The second-order valence-corrected chi connectivity index (χ2v) is 7.62. The molecule has 2 heterocycles. The van der Waals surface area contributed by atoms with Gasteiger partial charge in [0, 0.05) is 35.2 Å². The molecule has 1 fully saturated rings. The molecule has 6 nitrogen and oxygen atoms in total. The Balaban J connectivity index is 1.46. The summed E-state index contributed by atoms with van der Waals surface area (Å²) in [4.78, 5) is 38.2. The standard InChI is InChI=1S/C20H18BrN3O3/c21-15-3-1-2-4-17(15)24-11-13(10-19(24)26)20(27)22-14-6-7-16-12(9-14)5-8-18(25)23-16/h1-4,6-7,9,13H,5,8,10-11H2,(H,22,27)(H,23,25). The van der Waals surface area contributed by atoms with Crippen molar-refractivity contribution in [1.29, 1.82) is 0 Å². The molecule has 2 aromatic rings. The van der Waals surface area contributed by atoms with Crippen LogP contribution in [0, 0.1) is 5.92 Å². The van der Waals surface area contributed by atoms with Crippen LogP contribution in [0.2, 0.25) is 0 Å². The fourth-order valence-corrected chi connectivity index (χ4v) is 3.99. The molecule has 4 rings (SSSR count). The van der Waals surface area contributed by atoms with E-state index >= 15 is 0 Å². The fourth-order valence-electron chi connectivity index (χ4n) is 3.49. The zero-order valence-electron chi connectivity index (χ0n) is 14.5. The average Bonchev–Trinajstić information content (AvgIpc) is 3.04. The van der Waals surface area contributed by atoms with Gasteiger partial charge in [-0.2, -0.15) is 0 Å². The van der Waals surface area contributed by atoms with Crippen LogP contribution in [0.1, 0.15) is 18.4 Å². The molecule has 2 aliphatic rings. The largest absolute Gasteiger partial charge is 0.326 e. The number of halogens is 1. The third-order valence-corrected chi connectivity index (χ3v) is 5.58. The first-order valence-corrected chi connectivity index (χ1v) is 9.59. The zero-order valence-corrected chi connectivity index (χ0v) is 16.1. The molecule has 1 saturated heterocycles. The van der Waals surface area contributed by atoms with Gasteiger partial charge in [-0.15, -0.1) is 0 Å². The molecule has 0 aliphatic carbocycles. The summed E-state index contributed by atoms with van der Waals surface area (Å²) in [7, 11) is 0. The molecule has 3 amide bonds. The second-order valence-electron chi connectivity index (χ2n) is 6.77. The predicted octanol–water partition coefficient (Wildman–Crippen LogP) is 3.33. The number of hydrogen-bond acceptors (Lipinski definition) is 3. The number of carbonyl (C=O) groups excluding carboxylic acids is 3. The smallest absolute Gasteiger partial charge is 0.229 e. The lowest BCUT2D eigenvalue weighted by Crippen LogP contribution is -2.28. The Hall–Kier alpha value is -2.67. The van der Waals surface area contributed by atoms with E-state index in [4.69, 9.17) is 0 Å². The van der Waals surface area contributed by atoms with Crippen molar-refractivity contribution in [2.45, 2.75) is 19.3 Å². The number of amides is 3. The highest BCUT2D eigenvalue weighted by Gasteiger charge is 2.35. The van der Waals surface area contributed by atoms with Crippen molar-refractivity contribution in [3.63, 3.8) is 0 Å². The van der Waals surface area contributed by atoms with E-state index in [1.807, 2.05) is 30.3 Å². The van der Waals surface area contributed by atoms with Crippen molar-refractivity contribution >= 4 is 50.7 Å². The molecule has 0 bridgehead atoms. The molecule has 0 radical (unpaired) electrons. The number of carbonyl (C=O) groups is 3. The number of para-hydroxylation sites is 1. The lowest BCUT2D eigenvalue weighted by atomic mass is 10.0. The van der Waals surface area contributed by atoms with E-state index in [0.29, 0.717) is 25.1 Å². The molecule has 0 aromatic heterocycles. The maximum Gasteiger partial charge on any atom is 0.229 e. The Morgan fingerprint density at radius 2 is 1.96 bits per heavy atom. The first-order chi connectivity index (χ1) is 13.0. The number of aryl methyl sites for hydroxylation is 1. The molecule has 1 unspecified atom stereocenters. The molecule has 1 atom stereocenters. The van der Waals surface area contributed by atoms with E-state index < -0.39 is 5.92 Å². The Morgan fingerprint density at radius 3 is 2.78 bits per heavy atom. The van der Waals surface area contributed by atoms with Gasteiger partial charge in [0.15, 0.2) is 0 Å². The van der Waals surface area contributed by atoms with Gasteiger partial charge in [0.2, 0.25) is 17.7 Å². The first kappa shape index (κ1) is 17.7. The van der Waals surface area contributed by atoms with Crippen LogP contribution in [0.5, 0.6) is 0 Å². The van der Waals surface area contributed by atoms with Crippen LogP contribution in [0.3, 0.4) is 0 Å².